The van der Waals surface area contributed by atoms with Gasteiger partial charge >= 0.3 is 0 Å². The van der Waals surface area contributed by atoms with Gasteiger partial charge in [-0.1, -0.05) is 18.2 Å². The van der Waals surface area contributed by atoms with Gasteiger partial charge in [-0.15, -0.1) is 11.3 Å². The van der Waals surface area contributed by atoms with Crippen LogP contribution >= 0.6 is 11.3 Å². The number of carbonyl (C=O) groups excluding carboxylic acids is 1. The van der Waals surface area contributed by atoms with Crippen molar-refractivity contribution in [2.24, 2.45) is 0 Å². The van der Waals surface area contributed by atoms with E-state index in [0.717, 1.165) is 54.6 Å². The van der Waals surface area contributed by atoms with Gasteiger partial charge in [0.05, 0.1) is 26.7 Å². The zero-order valence-corrected chi connectivity index (χ0v) is 19.6. The van der Waals surface area contributed by atoms with Crippen LogP contribution in [0, 0.1) is 0 Å². The fraction of sp³-hybridized carbons (Fsp3) is 0.417. The molecule has 0 bridgehead atoms. The van der Waals surface area contributed by atoms with Crippen molar-refractivity contribution < 1.29 is 13.2 Å². The van der Waals surface area contributed by atoms with Crippen molar-refractivity contribution in [3.8, 4) is 0 Å². The Morgan fingerprint density at radius 1 is 1.06 bits per heavy atom. The van der Waals surface area contributed by atoms with Crippen LogP contribution in [-0.2, 0) is 27.7 Å². The Hall–Kier alpha value is -2.29. The van der Waals surface area contributed by atoms with Gasteiger partial charge < -0.3 is 4.90 Å². The summed E-state index contributed by atoms with van der Waals surface area (Å²) >= 11 is 1.73. The maximum Gasteiger partial charge on any atom is 0.241 e. The molecule has 0 unspecified atom stereocenters. The van der Waals surface area contributed by atoms with E-state index >= 15 is 0 Å². The van der Waals surface area contributed by atoms with E-state index in [9.17, 15) is 13.2 Å². The Morgan fingerprint density at radius 3 is 2.59 bits per heavy atom. The third kappa shape index (κ3) is 4.44. The summed E-state index contributed by atoms with van der Waals surface area (Å²) in [6.07, 6.45) is 5.87. The van der Waals surface area contributed by atoms with Gasteiger partial charge in [0, 0.05) is 19.0 Å². The van der Waals surface area contributed by atoms with Gasteiger partial charge in [0.2, 0.25) is 15.9 Å². The molecule has 1 aliphatic heterocycles. The molecule has 1 saturated heterocycles. The minimum atomic E-state index is -3.70. The van der Waals surface area contributed by atoms with E-state index in [1.807, 2.05) is 24.3 Å². The molecule has 5 rings (SSSR count). The second kappa shape index (κ2) is 8.92. The van der Waals surface area contributed by atoms with Crippen LogP contribution in [0.25, 0.3) is 10.2 Å². The number of fused-ring (bicyclic) bond motifs is 2. The van der Waals surface area contributed by atoms with Gasteiger partial charge in [0.1, 0.15) is 0 Å². The summed E-state index contributed by atoms with van der Waals surface area (Å²) in [5, 5.41) is 1.13. The number of likely N-dealkylation sites (tertiary alicyclic amines) is 1. The molecule has 6 nitrogen and oxygen atoms in total. The third-order valence-electron chi connectivity index (χ3n) is 6.55. The molecule has 8 heteroatoms. The summed E-state index contributed by atoms with van der Waals surface area (Å²) in [5.74, 6) is 0.179. The smallest absolute Gasteiger partial charge is 0.241 e. The number of rotatable bonds is 5. The molecule has 0 atom stereocenters. The monoisotopic (exact) mass is 469 g/mol. The molecule has 0 saturated carbocycles. The Kier molecular flexibility index (Phi) is 6.01. The first kappa shape index (κ1) is 21.6. The Labute approximate surface area is 192 Å². The molecule has 1 N–H and O–H groups in total. The minimum absolute atomic E-state index is 0.172. The van der Waals surface area contributed by atoms with Crippen molar-refractivity contribution in [3.63, 3.8) is 0 Å². The summed E-state index contributed by atoms with van der Waals surface area (Å²) < 4.78 is 29.2. The zero-order valence-electron chi connectivity index (χ0n) is 17.9. The number of aromatic nitrogens is 1. The maximum atomic E-state index is 12.7. The summed E-state index contributed by atoms with van der Waals surface area (Å²) in [6.45, 7) is 1.05. The number of nitrogens with one attached hydrogen (secondary N) is 1. The van der Waals surface area contributed by atoms with Gasteiger partial charge in [-0.3, -0.25) is 4.79 Å². The van der Waals surface area contributed by atoms with Gasteiger partial charge in [-0.2, -0.15) is 0 Å². The van der Waals surface area contributed by atoms with Crippen LogP contribution in [0.2, 0.25) is 0 Å². The lowest BCUT2D eigenvalue weighted by molar-refractivity contribution is -0.130. The molecule has 1 aromatic heterocycles. The SMILES string of the molecule is O=C(CNS(=O)(=O)c1ccc2c(c1)CCCC2)N1CCC(c2nc3ccccc3s2)CC1. The van der Waals surface area contributed by atoms with Gasteiger partial charge in [0.15, 0.2) is 0 Å². The number of carbonyl (C=O) groups is 1. The predicted molar refractivity (Wildman–Crippen MR) is 126 cm³/mol. The summed E-state index contributed by atoms with van der Waals surface area (Å²) in [6, 6.07) is 13.5. The van der Waals surface area contributed by atoms with E-state index < -0.39 is 10.0 Å². The van der Waals surface area contributed by atoms with Crippen molar-refractivity contribution in [1.29, 1.82) is 0 Å². The second-order valence-corrected chi connectivity index (χ2v) is 11.5. The number of aryl methyl sites for hydroxylation is 2. The van der Waals surface area contributed by atoms with E-state index in [1.165, 1.54) is 10.3 Å². The normalized spacial score (nSPS) is 17.4. The average molecular weight is 470 g/mol. The van der Waals surface area contributed by atoms with Crippen molar-refractivity contribution in [2.75, 3.05) is 19.6 Å². The van der Waals surface area contributed by atoms with Crippen molar-refractivity contribution in [1.82, 2.24) is 14.6 Å². The number of sulfonamides is 1. The quantitative estimate of drug-likeness (QED) is 0.615. The topological polar surface area (TPSA) is 79.4 Å². The maximum absolute atomic E-state index is 12.7. The lowest BCUT2D eigenvalue weighted by Crippen LogP contribution is -2.43. The van der Waals surface area contributed by atoms with E-state index in [-0.39, 0.29) is 17.3 Å². The first-order chi connectivity index (χ1) is 15.5. The molecule has 2 heterocycles. The van der Waals surface area contributed by atoms with Crippen LogP contribution in [0.1, 0.15) is 47.7 Å². The highest BCUT2D eigenvalue weighted by Gasteiger charge is 2.27. The number of amides is 1. The minimum Gasteiger partial charge on any atom is -0.342 e. The molecule has 1 amide bonds. The molecule has 32 heavy (non-hydrogen) atoms. The number of para-hydroxylation sites is 1. The van der Waals surface area contributed by atoms with Crippen LogP contribution in [0.15, 0.2) is 47.4 Å². The van der Waals surface area contributed by atoms with Crippen molar-refractivity contribution in [2.45, 2.75) is 49.3 Å². The second-order valence-electron chi connectivity index (χ2n) is 8.64. The fourth-order valence-electron chi connectivity index (χ4n) is 4.67. The van der Waals surface area contributed by atoms with E-state index in [4.69, 9.17) is 4.98 Å². The molecule has 1 fully saturated rings. The van der Waals surface area contributed by atoms with Crippen LogP contribution < -0.4 is 4.72 Å². The van der Waals surface area contributed by atoms with Crippen LogP contribution in [0.5, 0.6) is 0 Å². The highest BCUT2D eigenvalue weighted by Crippen LogP contribution is 2.33. The predicted octanol–water partition coefficient (Wildman–Crippen LogP) is 3.86. The number of nitrogens with zero attached hydrogens (tertiary/aromatic N) is 2. The average Bonchev–Trinajstić information content (AvgIpc) is 3.27. The van der Waals surface area contributed by atoms with E-state index in [1.54, 1.807) is 28.4 Å². The zero-order chi connectivity index (χ0) is 22.1. The van der Waals surface area contributed by atoms with Crippen LogP contribution in [-0.4, -0.2) is 43.8 Å². The molecule has 3 aromatic rings. The first-order valence-electron chi connectivity index (χ1n) is 11.2. The molecule has 168 valence electrons. The Morgan fingerprint density at radius 2 is 1.81 bits per heavy atom. The number of benzene rings is 2. The fourth-order valence-corrected chi connectivity index (χ4v) is 6.83. The lowest BCUT2D eigenvalue weighted by atomic mass is 9.92. The van der Waals surface area contributed by atoms with Gasteiger partial charge in [0.25, 0.3) is 0 Å². The highest BCUT2D eigenvalue weighted by molar-refractivity contribution is 7.89. The third-order valence-corrected chi connectivity index (χ3v) is 9.15. The summed E-state index contributed by atoms with van der Waals surface area (Å²) in [4.78, 5) is 19.5. The Bertz CT molecular complexity index is 1210. The van der Waals surface area contributed by atoms with Gasteiger partial charge in [-0.05, 0) is 73.9 Å². The summed E-state index contributed by atoms with van der Waals surface area (Å²) in [5.41, 5.74) is 3.38. The number of hydrogen-bond acceptors (Lipinski definition) is 5. The molecule has 0 spiro atoms. The largest absolute Gasteiger partial charge is 0.342 e. The molecule has 1 aliphatic carbocycles. The van der Waals surface area contributed by atoms with Crippen LogP contribution in [0.4, 0.5) is 0 Å². The standard InChI is InChI=1S/C24H27N3O3S2/c28-23(16-25-32(29,30)20-10-9-17-5-1-2-6-19(17)15-20)27-13-11-18(12-14-27)24-26-21-7-3-4-8-22(21)31-24/h3-4,7-10,15,18,25H,1-2,5-6,11-14,16H2. The lowest BCUT2D eigenvalue weighted by Gasteiger charge is -2.31. The molecular weight excluding hydrogens is 442 g/mol. The first-order valence-corrected chi connectivity index (χ1v) is 13.5. The number of thiazole rings is 1. The van der Waals surface area contributed by atoms with E-state index in [2.05, 4.69) is 10.8 Å². The molecule has 2 aliphatic rings. The number of hydrogen-bond donors (Lipinski definition) is 1. The van der Waals surface area contributed by atoms with E-state index in [0.29, 0.717) is 19.0 Å². The van der Waals surface area contributed by atoms with Crippen molar-refractivity contribution in [3.05, 3.63) is 58.6 Å². The Balaban J connectivity index is 1.17. The van der Waals surface area contributed by atoms with Crippen LogP contribution in [0.3, 0.4) is 0 Å². The van der Waals surface area contributed by atoms with Gasteiger partial charge in [-0.25, -0.2) is 18.1 Å². The highest BCUT2D eigenvalue weighted by atomic mass is 32.2. The van der Waals surface area contributed by atoms with Crippen molar-refractivity contribution >= 4 is 37.5 Å². The molecule has 2 aromatic carbocycles. The molecule has 0 radical (unpaired) electrons. The number of piperidine rings is 1. The molecular formula is C24H27N3O3S2. The summed E-state index contributed by atoms with van der Waals surface area (Å²) in [7, 11) is -3.70.